The van der Waals surface area contributed by atoms with Gasteiger partial charge in [-0.25, -0.2) is 22.0 Å². The average molecular weight is 1920 g/mol. The van der Waals surface area contributed by atoms with Crippen LogP contribution < -0.4 is 0 Å². The number of likely N-dealkylation sites (tertiary alicyclic amines) is 5. The number of nitrogens with zero attached hydrogens (tertiary/aromatic N) is 20. The molecule has 0 saturated carbocycles. The van der Waals surface area contributed by atoms with Crippen LogP contribution >= 0.6 is 11.8 Å². The van der Waals surface area contributed by atoms with Gasteiger partial charge in [0, 0.05) is 153 Å². The van der Waals surface area contributed by atoms with Crippen LogP contribution in [0.1, 0.15) is 223 Å². The molecule has 724 valence electrons. The summed E-state index contributed by atoms with van der Waals surface area (Å²) in [5.41, 5.74) is 5.85. The minimum Gasteiger partial charge on any atom is -0.380 e. The first kappa shape index (κ1) is 111. The van der Waals surface area contributed by atoms with Crippen LogP contribution in [0.5, 0.6) is 0 Å². The molecule has 1 atom stereocenters. The van der Waals surface area contributed by atoms with E-state index in [0.29, 0.717) is 82.1 Å². The summed E-state index contributed by atoms with van der Waals surface area (Å²) in [6, 6.07) is 29.6. The molecule has 0 radical (unpaired) electrons. The molecule has 10 aliphatic rings. The highest BCUT2D eigenvalue weighted by atomic mass is 32.2. The van der Waals surface area contributed by atoms with Crippen LogP contribution in [0.3, 0.4) is 0 Å². The quantitative estimate of drug-likeness (QED) is 0.0766. The van der Waals surface area contributed by atoms with Gasteiger partial charge >= 0.3 is 29.6 Å². The lowest BCUT2D eigenvalue weighted by Gasteiger charge is -2.45. The van der Waals surface area contributed by atoms with Gasteiger partial charge in [-0.2, -0.15) is 135 Å². The molecule has 0 N–H and O–H groups in total. The number of ether oxygens (including phenoxy) is 1. The number of hydrogen-bond acceptors (Lipinski definition) is 22. The lowest BCUT2D eigenvalue weighted by atomic mass is 9.72. The van der Waals surface area contributed by atoms with Crippen LogP contribution in [-0.4, -0.2) is 144 Å². The zero-order valence-electron chi connectivity index (χ0n) is 79.0. The van der Waals surface area contributed by atoms with Crippen LogP contribution in [0.2, 0.25) is 0 Å². The maximum atomic E-state index is 14.6. The number of nitriles is 15. The number of alkyl halides is 10. The highest BCUT2D eigenvalue weighted by Crippen LogP contribution is 2.61. The van der Waals surface area contributed by atoms with E-state index in [9.17, 15) is 145 Å². The monoisotopic (exact) mass is 1920 g/mol. The molecule has 0 amide bonds. The SMILES string of the molecule is CC1(C)CC(=C(C#N)C#N)C(C#N)=C(N2CCC(C(F)(F)C(F)(F)C(F)(F)C(F)(F)C(C)(F)F)CC2)C1.CC1(C)CC(=C(C#N)C#N)C(C#N)=C(N2CCC(c3c(F)c(F)c(F)c(F)c3F)CC2)C1.CC1CCN(C2=C(C#N)C(=C(C#N)C#N)CC(C)(C)C2)CC1.COC1CCCN(C2=C(C#N)C(=C(C#N)C#N)CC(C)(C)C2)C1.CSC1CCN(C2=C(C#N)C(=C(C#N)C#N)CC(C)(C)C2)CC1. The van der Waals surface area contributed by atoms with Crippen molar-refractivity contribution in [3.05, 3.63) is 147 Å². The maximum Gasteiger partial charge on any atom is 0.384 e. The standard InChI is InChI=1S/C23H22F10N4.C23H19F5N4.C18H22N4O.C18H22N4S.C18H22N4/c1-18(2)8-15(13(10-34)11-35)16(12-36)17(9-18)37-6-4-14(5-7-37)20(26,27)22(30,31)23(32,33)21(28,29)19(3,24)25;1-23(2)7-14(13(9-29)10-30)15(11-31)16(8-23)32-5-3-12(4-6-32)17-18(24)20(26)22(28)21(27)19(17)25;1-18(2)7-15(13(9-19)10-20)16(11-21)17(8-18)22-6-4-5-14(12-22)23-3;1-18(2)8-15(13(10-19)11-20)16(12-21)17(9-18)22-6-4-14(23-3)5-7-22;1-13-4-6-22(7-5-13)17-9-18(2,3)8-15(16(17)12-21)14(10-19)11-20/h14H,4-9H2,1-3H3;12H,3-8H2,1-2H3;14H,4-8,12H2,1-3H3;14H,4-9H2,1-3H3;13H,4-9H2,1-3H3. The topological polar surface area (TPSA) is 382 Å². The Morgan fingerprint density at radius 3 is 0.847 bits per heavy atom. The molecule has 5 fully saturated rings. The van der Waals surface area contributed by atoms with E-state index in [0.717, 1.165) is 120 Å². The van der Waals surface area contributed by atoms with Crippen LogP contribution in [0, 0.1) is 238 Å². The van der Waals surface area contributed by atoms with Crippen molar-refractivity contribution in [3.63, 3.8) is 0 Å². The fraction of sp³-hybridized carbons (Fsp3) is 0.590. The van der Waals surface area contributed by atoms with Crippen molar-refractivity contribution in [1.29, 1.82) is 78.9 Å². The molecule has 0 spiro atoms. The summed E-state index contributed by atoms with van der Waals surface area (Å²) in [6.07, 6.45) is 12.7. The second-order valence-electron chi connectivity index (χ2n) is 39.9. The molecule has 21 nitrogen and oxygen atoms in total. The average Bonchev–Trinajstić information content (AvgIpc) is 0.712. The smallest absolute Gasteiger partial charge is 0.380 e. The first-order valence-corrected chi connectivity index (χ1v) is 45.9. The van der Waals surface area contributed by atoms with Crippen molar-refractivity contribution in [3.8, 4) is 91.0 Å². The zero-order valence-corrected chi connectivity index (χ0v) is 79.8. The summed E-state index contributed by atoms with van der Waals surface area (Å²) < 4.78 is 213. The third kappa shape index (κ3) is 24.6. The molecule has 5 aliphatic carbocycles. The van der Waals surface area contributed by atoms with Crippen molar-refractivity contribution in [2.75, 3.05) is 78.8 Å². The summed E-state index contributed by atoms with van der Waals surface area (Å²) >= 11 is 1.91. The molecule has 1 unspecified atom stereocenters. The maximum absolute atomic E-state index is 14.6. The number of allylic oxidation sites excluding steroid dienone is 20. The number of rotatable bonds is 13. The number of thioether (sulfide) groups is 1. The Kier molecular flexibility index (Phi) is 36.6. The Balaban J connectivity index is 0.000000237. The minimum atomic E-state index is -7.08. The van der Waals surface area contributed by atoms with Gasteiger partial charge < -0.3 is 29.2 Å². The number of piperidine rings is 5. The Labute approximate surface area is 795 Å². The van der Waals surface area contributed by atoms with Crippen molar-refractivity contribution in [2.24, 2.45) is 38.9 Å². The third-order valence-electron chi connectivity index (χ3n) is 26.7. The van der Waals surface area contributed by atoms with Crippen molar-refractivity contribution in [1.82, 2.24) is 24.5 Å². The fourth-order valence-corrected chi connectivity index (χ4v) is 20.2. The first-order valence-electron chi connectivity index (χ1n) is 44.6. The highest BCUT2D eigenvalue weighted by molar-refractivity contribution is 7.99. The van der Waals surface area contributed by atoms with Crippen LogP contribution in [0.25, 0.3) is 0 Å². The van der Waals surface area contributed by atoms with Gasteiger partial charge in [0.15, 0.2) is 23.3 Å². The Morgan fingerprint density at radius 2 is 0.591 bits per heavy atom. The number of benzene rings is 1. The molecule has 137 heavy (non-hydrogen) atoms. The van der Waals surface area contributed by atoms with Crippen LogP contribution in [0.4, 0.5) is 65.9 Å². The van der Waals surface area contributed by atoms with Gasteiger partial charge in [0.05, 0.1) is 34.0 Å². The van der Waals surface area contributed by atoms with Gasteiger partial charge in [0.25, 0.3) is 0 Å². The fourth-order valence-electron chi connectivity index (χ4n) is 19.5. The van der Waals surface area contributed by atoms with E-state index in [1.165, 1.54) is 4.90 Å². The van der Waals surface area contributed by atoms with E-state index in [4.69, 9.17) is 4.74 Å². The lowest BCUT2D eigenvalue weighted by molar-refractivity contribution is -0.406. The normalized spacial score (nSPS) is 20.9. The van der Waals surface area contributed by atoms with Gasteiger partial charge in [-0.3, -0.25) is 0 Å². The Hall–Kier alpha value is -12.8. The lowest BCUT2D eigenvalue weighted by Crippen LogP contribution is -2.68. The van der Waals surface area contributed by atoms with Crippen LogP contribution in [0.15, 0.2) is 112 Å². The van der Waals surface area contributed by atoms with Gasteiger partial charge in [0.1, 0.15) is 119 Å². The largest absolute Gasteiger partial charge is 0.384 e. The number of hydrogen-bond donors (Lipinski definition) is 0. The number of methoxy groups -OCH3 is 1. The molecule has 1 aromatic carbocycles. The molecular formula is C100H107F15N20OS. The molecule has 0 aromatic heterocycles. The molecule has 5 heterocycles. The summed E-state index contributed by atoms with van der Waals surface area (Å²) in [4.78, 5) is 10.0. The van der Waals surface area contributed by atoms with Crippen LogP contribution in [-0.2, 0) is 4.74 Å². The molecule has 0 bridgehead atoms. The highest BCUT2D eigenvalue weighted by Gasteiger charge is 2.86. The summed E-state index contributed by atoms with van der Waals surface area (Å²) in [7, 11) is 1.72. The molecule has 5 aliphatic heterocycles. The molecular weight excluding hydrogens is 1810 g/mol. The third-order valence-corrected chi connectivity index (χ3v) is 27.9. The molecule has 11 rings (SSSR count). The minimum absolute atomic E-state index is 0.0347. The van der Waals surface area contributed by atoms with E-state index in [-0.39, 0.29) is 117 Å². The number of halogens is 15. The Bertz CT molecular complexity index is 5760. The summed E-state index contributed by atoms with van der Waals surface area (Å²) in [5, 5.41) is 142. The summed E-state index contributed by atoms with van der Waals surface area (Å²) in [5.74, 6) is -44.6. The van der Waals surface area contributed by atoms with E-state index >= 15 is 0 Å². The van der Waals surface area contributed by atoms with Gasteiger partial charge in [-0.1, -0.05) is 76.2 Å². The van der Waals surface area contributed by atoms with E-state index < -0.39 is 114 Å². The first-order chi connectivity index (χ1) is 64.0. The predicted octanol–water partition coefficient (Wildman–Crippen LogP) is 22.8. The van der Waals surface area contributed by atoms with E-state index in [1.54, 1.807) is 33.1 Å². The van der Waals surface area contributed by atoms with E-state index in [2.05, 4.69) is 93.7 Å². The predicted molar refractivity (Wildman–Crippen MR) is 474 cm³/mol. The molecule has 37 heteroatoms. The Morgan fingerprint density at radius 1 is 0.336 bits per heavy atom. The van der Waals surface area contributed by atoms with Gasteiger partial charge in [0.2, 0.25) is 5.82 Å². The molecule has 1 aromatic rings. The summed E-state index contributed by atoms with van der Waals surface area (Å²) in [6.45, 7) is 26.6. The van der Waals surface area contributed by atoms with Crippen molar-refractivity contribution >= 4 is 11.8 Å². The molecule has 5 saturated heterocycles. The van der Waals surface area contributed by atoms with Gasteiger partial charge in [-0.15, -0.1) is 0 Å². The second kappa shape index (κ2) is 45.0. The van der Waals surface area contributed by atoms with Crippen molar-refractivity contribution < 1.29 is 70.6 Å². The van der Waals surface area contributed by atoms with E-state index in [1.807, 2.05) is 85.1 Å². The second-order valence-corrected chi connectivity index (χ2v) is 41.1. The van der Waals surface area contributed by atoms with Crippen molar-refractivity contribution in [2.45, 2.75) is 258 Å². The zero-order chi connectivity index (χ0) is 103. The van der Waals surface area contributed by atoms with Gasteiger partial charge in [-0.05, 0) is 174 Å².